The molecule has 18 N–H and O–H groups in total. The Bertz CT molecular complexity index is 3100. The van der Waals surface area contributed by atoms with Crippen LogP contribution in [0.15, 0.2) is 30.5 Å². The maximum atomic E-state index is 14.7. The molecule has 2 aliphatic rings. The minimum Gasteiger partial charge on any atom is -0.480 e. The van der Waals surface area contributed by atoms with E-state index in [4.69, 9.17) is 11.5 Å². The van der Waals surface area contributed by atoms with Crippen LogP contribution in [0.4, 0.5) is 0 Å². The Kier molecular flexibility index (Phi) is 32.3. The molecule has 1 aromatic carbocycles. The van der Waals surface area contributed by atoms with Crippen LogP contribution in [-0.2, 0) is 73.5 Å². The summed E-state index contributed by atoms with van der Waals surface area (Å²) in [6.07, 6.45) is 1.38. The van der Waals surface area contributed by atoms with E-state index in [0.29, 0.717) is 48.6 Å². The third-order valence-electron chi connectivity index (χ3n) is 17.5. The molecule has 0 spiro atoms. The third-order valence-corrected chi connectivity index (χ3v) is 18.2. The standard InChI is InChI=1S/C62H97N15O17S2/c1-9-30(4)47(72-46(81)26-66-52(83)37(63)28-95)57(88)69-40(24-35-25-65-38-17-13-12-16-36(35)38)53(84)75-50(34(8)79)59(90)67-33(7)51(82)70-41(27-78)54(85)74-49(32(6)11-3)61(92)77-23-15-19-44(77)60(91)76-22-14-18-43(76)56(87)73-48(31(5)10-2)58(89)71-42(29-96)55(86)68-39(62(93)94)20-21-45(64)80/h12-13,16-17,25,30-34,37,39-44,47-50,65,78-79,95-96H,9-11,14-15,18-24,26-29,63H2,1-8H3,(H2,64,80)(H,66,83)(H,67,90)(H,68,86)(H,69,88)(H,70,82)(H,71,89)(H,72,81)(H,73,87)(H,74,85)(H,75,84)(H,93,94)/t30-,31-,32-,33-,34+,37-,39-,40-,41-,42-,43-,44-,47-,48-,49-,50-/m0/s1. The molecule has 1 aromatic heterocycles. The molecule has 13 amide bonds. The Morgan fingerprint density at radius 1 is 0.604 bits per heavy atom. The summed E-state index contributed by atoms with van der Waals surface area (Å²) in [5, 5.41) is 56.8. The zero-order valence-electron chi connectivity index (χ0n) is 55.4. The van der Waals surface area contributed by atoms with Gasteiger partial charge in [0.25, 0.3) is 0 Å². The molecule has 0 saturated carbocycles. The molecule has 0 bridgehead atoms. The summed E-state index contributed by atoms with van der Waals surface area (Å²) in [4.78, 5) is 195. The first-order valence-electron chi connectivity index (χ1n) is 32.3. The van der Waals surface area contributed by atoms with Gasteiger partial charge >= 0.3 is 5.97 Å². The highest BCUT2D eigenvalue weighted by molar-refractivity contribution is 7.80. The average Bonchev–Trinajstić information content (AvgIpc) is 1.61. The molecule has 16 atom stereocenters. The van der Waals surface area contributed by atoms with Crippen molar-refractivity contribution < 1.29 is 82.4 Å². The Morgan fingerprint density at radius 2 is 1.12 bits per heavy atom. The molecule has 0 radical (unpaired) electrons. The molecular formula is C62H97N15O17S2. The van der Waals surface area contributed by atoms with Gasteiger partial charge in [-0.1, -0.05) is 79.0 Å². The number of carbonyl (C=O) groups is 14. The Hall–Kier alpha value is -8.08. The van der Waals surface area contributed by atoms with Crippen LogP contribution in [0.5, 0.6) is 0 Å². The first-order valence-corrected chi connectivity index (χ1v) is 33.6. The highest BCUT2D eigenvalue weighted by atomic mass is 32.1. The zero-order chi connectivity index (χ0) is 71.8. The van der Waals surface area contributed by atoms with E-state index in [-0.39, 0.29) is 56.7 Å². The van der Waals surface area contributed by atoms with Crippen LogP contribution in [0.2, 0.25) is 0 Å². The van der Waals surface area contributed by atoms with Crippen LogP contribution >= 0.6 is 25.3 Å². The number of thiol groups is 2. The van der Waals surface area contributed by atoms with Crippen molar-refractivity contribution in [3.63, 3.8) is 0 Å². The Balaban J connectivity index is 1.45. The van der Waals surface area contributed by atoms with Crippen molar-refractivity contribution in [2.45, 2.75) is 198 Å². The van der Waals surface area contributed by atoms with Gasteiger partial charge < -0.3 is 94.7 Å². The fourth-order valence-corrected chi connectivity index (χ4v) is 11.4. The first-order chi connectivity index (χ1) is 45.4. The number of carbonyl (C=O) groups excluding carboxylic acids is 13. The van der Waals surface area contributed by atoms with Crippen LogP contribution in [0, 0.1) is 17.8 Å². The number of carboxylic acid groups (broad SMARTS) is 1. The average molecular weight is 1390 g/mol. The number of amides is 13. The molecule has 34 heteroatoms. The summed E-state index contributed by atoms with van der Waals surface area (Å²) in [5.74, 6) is -14.0. The zero-order valence-corrected chi connectivity index (χ0v) is 57.2. The second-order valence-corrected chi connectivity index (χ2v) is 25.3. The van der Waals surface area contributed by atoms with E-state index in [0.717, 1.165) is 0 Å². The van der Waals surface area contributed by atoms with Gasteiger partial charge in [-0.3, -0.25) is 62.3 Å². The van der Waals surface area contributed by atoms with Crippen LogP contribution in [-0.4, -0.2) is 229 Å². The Labute approximate surface area is 568 Å². The number of rotatable bonds is 38. The SMILES string of the molecule is CC[C@H](C)[C@H](NC(=O)CNC(=O)[C@@H](N)CS)C(=O)N[C@@H](Cc1c[nH]c2ccccc12)C(=O)N[C@H](C(=O)N[C@@H](C)C(=O)N[C@@H](CO)C(=O)N[C@H](C(=O)N1CCC[C@H]1C(=O)N1CCC[C@H]1C(=O)N[C@H](C(=O)N[C@@H](CS)C(=O)N[C@@H](CCC(N)=O)C(=O)O)[C@@H](C)CC)[C@@H](C)CC)[C@@H](C)O. The molecule has 96 heavy (non-hydrogen) atoms. The molecule has 4 rings (SSSR count). The topological polar surface area (TPSA) is 494 Å². The number of hydrogen-bond donors (Lipinski definition) is 18. The van der Waals surface area contributed by atoms with E-state index < -0.39 is 192 Å². The smallest absolute Gasteiger partial charge is 0.326 e. The van der Waals surface area contributed by atoms with Crippen LogP contribution in [0.25, 0.3) is 10.9 Å². The summed E-state index contributed by atoms with van der Waals surface area (Å²) in [6, 6.07) is -9.19. The summed E-state index contributed by atoms with van der Waals surface area (Å²) in [7, 11) is 0. The fraction of sp³-hybridized carbons (Fsp3) is 0.645. The molecule has 2 saturated heterocycles. The number of aliphatic carboxylic acids is 1. The lowest BCUT2D eigenvalue weighted by molar-refractivity contribution is -0.149. The van der Waals surface area contributed by atoms with Gasteiger partial charge in [0.2, 0.25) is 76.8 Å². The number of nitrogens with zero attached hydrogens (tertiary/aromatic N) is 2. The summed E-state index contributed by atoms with van der Waals surface area (Å²) in [6.45, 7) is 11.4. The highest BCUT2D eigenvalue weighted by Crippen LogP contribution is 2.28. The van der Waals surface area contributed by atoms with Crippen LogP contribution < -0.4 is 64.6 Å². The molecule has 534 valence electrons. The molecule has 2 aromatic rings. The van der Waals surface area contributed by atoms with E-state index in [1.807, 2.05) is 0 Å². The summed E-state index contributed by atoms with van der Waals surface area (Å²) < 4.78 is 0. The van der Waals surface area contributed by atoms with Gasteiger partial charge in [-0.2, -0.15) is 25.3 Å². The number of nitrogens with two attached hydrogens (primary N) is 2. The number of para-hydroxylation sites is 1. The number of hydrogen-bond acceptors (Lipinski definition) is 19. The molecule has 32 nitrogen and oxygen atoms in total. The van der Waals surface area contributed by atoms with Crippen molar-refractivity contribution >= 4 is 119 Å². The number of fused-ring (bicyclic) bond motifs is 1. The predicted molar refractivity (Wildman–Crippen MR) is 356 cm³/mol. The minimum absolute atomic E-state index is 0.00945. The maximum absolute atomic E-state index is 14.7. The number of aromatic nitrogens is 1. The van der Waals surface area contributed by atoms with Gasteiger partial charge in [0, 0.05) is 54.5 Å². The quantitative estimate of drug-likeness (QED) is 0.0287. The number of H-pyrrole nitrogens is 1. The minimum atomic E-state index is -1.77. The van der Waals surface area contributed by atoms with Gasteiger partial charge in [-0.05, 0) is 75.3 Å². The molecule has 0 unspecified atom stereocenters. The van der Waals surface area contributed by atoms with Gasteiger partial charge in [0.05, 0.1) is 25.3 Å². The number of aromatic amines is 1. The van der Waals surface area contributed by atoms with E-state index in [2.05, 4.69) is 83.4 Å². The molecular weight excluding hydrogens is 1290 g/mol. The Morgan fingerprint density at radius 3 is 1.70 bits per heavy atom. The number of carboxylic acids is 1. The van der Waals surface area contributed by atoms with Crippen LogP contribution in [0.1, 0.15) is 119 Å². The van der Waals surface area contributed by atoms with Crippen molar-refractivity contribution in [1.82, 2.24) is 68.0 Å². The van der Waals surface area contributed by atoms with Crippen molar-refractivity contribution in [3.05, 3.63) is 36.0 Å². The van der Waals surface area contributed by atoms with Crippen LogP contribution in [0.3, 0.4) is 0 Å². The largest absolute Gasteiger partial charge is 0.480 e. The molecule has 2 aliphatic heterocycles. The molecule has 3 heterocycles. The number of nitrogens with one attached hydrogen (secondary N) is 11. The number of primary amides is 1. The normalized spacial score (nSPS) is 18.9. The number of benzene rings is 1. The predicted octanol–water partition coefficient (Wildman–Crippen LogP) is -3.76. The number of aliphatic hydroxyl groups is 2. The van der Waals surface area contributed by atoms with Gasteiger partial charge in [-0.15, -0.1) is 0 Å². The summed E-state index contributed by atoms with van der Waals surface area (Å²) >= 11 is 8.16. The lowest BCUT2D eigenvalue weighted by Gasteiger charge is -2.35. The lowest BCUT2D eigenvalue weighted by Crippen LogP contribution is -2.62. The fourth-order valence-electron chi connectivity index (χ4n) is 10.9. The van der Waals surface area contributed by atoms with E-state index in [9.17, 15) is 82.4 Å². The van der Waals surface area contributed by atoms with E-state index in [1.54, 1.807) is 72.0 Å². The van der Waals surface area contributed by atoms with Crippen molar-refractivity contribution in [3.8, 4) is 0 Å². The van der Waals surface area contributed by atoms with Gasteiger partial charge in [-0.25, -0.2) is 4.79 Å². The van der Waals surface area contributed by atoms with Crippen molar-refractivity contribution in [1.29, 1.82) is 0 Å². The summed E-state index contributed by atoms with van der Waals surface area (Å²) in [5.41, 5.74) is 12.1. The molecule has 2 fully saturated rings. The highest BCUT2D eigenvalue weighted by Gasteiger charge is 2.46. The van der Waals surface area contributed by atoms with Crippen molar-refractivity contribution in [2.75, 3.05) is 37.7 Å². The molecule has 0 aliphatic carbocycles. The monoisotopic (exact) mass is 1390 g/mol. The lowest BCUT2D eigenvalue weighted by atomic mass is 9.96. The van der Waals surface area contributed by atoms with E-state index >= 15 is 0 Å². The van der Waals surface area contributed by atoms with Gasteiger partial charge in [0.1, 0.15) is 66.5 Å². The maximum Gasteiger partial charge on any atom is 0.326 e. The van der Waals surface area contributed by atoms with Crippen molar-refractivity contribution in [2.24, 2.45) is 29.2 Å². The van der Waals surface area contributed by atoms with E-state index in [1.165, 1.54) is 23.6 Å². The second-order valence-electron chi connectivity index (χ2n) is 24.5. The first kappa shape index (κ1) is 80.4. The number of likely N-dealkylation sites (tertiary alicyclic amines) is 2. The van der Waals surface area contributed by atoms with Gasteiger partial charge in [0.15, 0.2) is 0 Å². The second kappa shape index (κ2) is 38.6. The third kappa shape index (κ3) is 22.5. The number of aliphatic hydroxyl groups excluding tert-OH is 2.